The third kappa shape index (κ3) is 3.80. The first-order valence-electron chi connectivity index (χ1n) is 7.63. The largest absolute Gasteiger partial charge is 0.313 e. The monoisotopic (exact) mass is 260 g/mol. The molecule has 1 fully saturated rings. The molecule has 2 atom stereocenters. The molecule has 1 N–H and O–H groups in total. The van der Waals surface area contributed by atoms with Crippen molar-refractivity contribution in [2.24, 2.45) is 0 Å². The maximum atomic E-state index is 3.62. The van der Waals surface area contributed by atoms with E-state index in [-0.39, 0.29) is 0 Å². The van der Waals surface area contributed by atoms with E-state index < -0.39 is 0 Å². The van der Waals surface area contributed by atoms with Gasteiger partial charge in [0.25, 0.3) is 0 Å². The van der Waals surface area contributed by atoms with E-state index in [9.17, 15) is 0 Å². The smallest absolute Gasteiger partial charge is 0.0323 e. The lowest BCUT2D eigenvalue weighted by Crippen LogP contribution is -2.42. The summed E-state index contributed by atoms with van der Waals surface area (Å²) in [6.07, 6.45) is 2.65. The van der Waals surface area contributed by atoms with Crippen LogP contribution in [0.15, 0.2) is 24.3 Å². The Morgan fingerprint density at radius 1 is 1.21 bits per heavy atom. The van der Waals surface area contributed by atoms with Crippen LogP contribution in [0.5, 0.6) is 0 Å². The molecule has 1 aliphatic rings. The molecule has 106 valence electrons. The first-order valence-corrected chi connectivity index (χ1v) is 7.63. The van der Waals surface area contributed by atoms with Gasteiger partial charge in [0, 0.05) is 24.7 Å². The number of benzene rings is 1. The molecule has 1 aromatic rings. The summed E-state index contributed by atoms with van der Waals surface area (Å²) in [5.74, 6) is 0. The zero-order valence-electron chi connectivity index (χ0n) is 12.8. The molecule has 0 bridgehead atoms. The summed E-state index contributed by atoms with van der Waals surface area (Å²) >= 11 is 0. The van der Waals surface area contributed by atoms with Gasteiger partial charge >= 0.3 is 0 Å². The molecule has 0 amide bonds. The second kappa shape index (κ2) is 6.53. The molecule has 0 saturated carbocycles. The zero-order chi connectivity index (χ0) is 13.8. The maximum absolute atomic E-state index is 3.62. The Labute approximate surface area is 118 Å². The van der Waals surface area contributed by atoms with E-state index in [0.717, 1.165) is 6.54 Å². The molecular formula is C17H28N2. The fraction of sp³-hybridized carbons (Fsp3) is 0.647. The van der Waals surface area contributed by atoms with Crippen LogP contribution in [0.4, 0.5) is 0 Å². The van der Waals surface area contributed by atoms with Gasteiger partial charge in [0.1, 0.15) is 0 Å². The fourth-order valence-corrected chi connectivity index (χ4v) is 3.02. The molecule has 0 aromatic heterocycles. The summed E-state index contributed by atoms with van der Waals surface area (Å²) in [5, 5.41) is 3.62. The third-order valence-electron chi connectivity index (χ3n) is 4.31. The van der Waals surface area contributed by atoms with Crippen molar-refractivity contribution in [2.75, 3.05) is 13.1 Å². The summed E-state index contributed by atoms with van der Waals surface area (Å²) < 4.78 is 0. The van der Waals surface area contributed by atoms with Gasteiger partial charge in [0.05, 0.1) is 0 Å². The predicted octanol–water partition coefficient (Wildman–Crippen LogP) is 3.52. The average molecular weight is 260 g/mol. The third-order valence-corrected chi connectivity index (χ3v) is 4.31. The maximum Gasteiger partial charge on any atom is 0.0323 e. The molecule has 1 aromatic carbocycles. The summed E-state index contributed by atoms with van der Waals surface area (Å²) in [4.78, 5) is 2.62. The highest BCUT2D eigenvalue weighted by Gasteiger charge is 2.24. The molecule has 2 heteroatoms. The van der Waals surface area contributed by atoms with Crippen LogP contribution in [0.2, 0.25) is 0 Å². The van der Waals surface area contributed by atoms with Gasteiger partial charge in [-0.3, -0.25) is 4.90 Å². The highest BCUT2D eigenvalue weighted by atomic mass is 15.2. The molecule has 1 heterocycles. The van der Waals surface area contributed by atoms with Crippen LogP contribution >= 0.6 is 0 Å². The fourth-order valence-electron chi connectivity index (χ4n) is 3.02. The SMILES string of the molecule is Cc1ccc(C(C)N(CC2CCCN2)C(C)C)cc1. The Hall–Kier alpha value is -0.860. The van der Waals surface area contributed by atoms with Crippen molar-refractivity contribution < 1.29 is 0 Å². The predicted molar refractivity (Wildman–Crippen MR) is 82.5 cm³/mol. The van der Waals surface area contributed by atoms with Crippen LogP contribution < -0.4 is 5.32 Å². The number of aryl methyl sites for hydroxylation is 1. The van der Waals surface area contributed by atoms with Crippen molar-refractivity contribution in [3.05, 3.63) is 35.4 Å². The average Bonchev–Trinajstić information content (AvgIpc) is 2.88. The number of hydrogen-bond donors (Lipinski definition) is 1. The van der Waals surface area contributed by atoms with E-state index in [1.807, 2.05) is 0 Å². The minimum absolute atomic E-state index is 0.489. The Bertz CT molecular complexity index is 377. The van der Waals surface area contributed by atoms with E-state index in [1.165, 1.54) is 30.5 Å². The summed E-state index contributed by atoms with van der Waals surface area (Å²) in [5.41, 5.74) is 2.77. The lowest BCUT2D eigenvalue weighted by Gasteiger charge is -2.35. The van der Waals surface area contributed by atoms with Crippen molar-refractivity contribution in [3.63, 3.8) is 0 Å². The van der Waals surface area contributed by atoms with Gasteiger partial charge < -0.3 is 5.32 Å². The van der Waals surface area contributed by atoms with E-state index in [4.69, 9.17) is 0 Å². The molecule has 0 aliphatic carbocycles. The van der Waals surface area contributed by atoms with Crippen molar-refractivity contribution >= 4 is 0 Å². The summed E-state index contributed by atoms with van der Waals surface area (Å²) in [6.45, 7) is 11.4. The Morgan fingerprint density at radius 2 is 1.89 bits per heavy atom. The first kappa shape index (κ1) is 14.5. The number of hydrogen-bond acceptors (Lipinski definition) is 2. The van der Waals surface area contributed by atoms with Gasteiger partial charge in [-0.05, 0) is 52.6 Å². The highest BCUT2D eigenvalue weighted by molar-refractivity contribution is 5.24. The van der Waals surface area contributed by atoms with Crippen molar-refractivity contribution in [3.8, 4) is 0 Å². The molecule has 0 radical (unpaired) electrons. The van der Waals surface area contributed by atoms with Gasteiger partial charge in [-0.15, -0.1) is 0 Å². The normalized spacial score (nSPS) is 21.3. The molecular weight excluding hydrogens is 232 g/mol. The van der Waals surface area contributed by atoms with Gasteiger partial charge in [0.2, 0.25) is 0 Å². The quantitative estimate of drug-likeness (QED) is 0.871. The van der Waals surface area contributed by atoms with Gasteiger partial charge in [-0.2, -0.15) is 0 Å². The van der Waals surface area contributed by atoms with Crippen LogP contribution in [0.3, 0.4) is 0 Å². The van der Waals surface area contributed by atoms with Crippen LogP contribution in [0.1, 0.15) is 50.8 Å². The number of rotatable bonds is 5. The van der Waals surface area contributed by atoms with Crippen LogP contribution in [0, 0.1) is 6.92 Å². The molecule has 0 spiro atoms. The molecule has 1 aliphatic heterocycles. The van der Waals surface area contributed by atoms with Crippen LogP contribution in [-0.4, -0.2) is 30.1 Å². The molecule has 2 unspecified atom stereocenters. The second-order valence-electron chi connectivity index (χ2n) is 6.17. The summed E-state index contributed by atoms with van der Waals surface area (Å²) in [7, 11) is 0. The van der Waals surface area contributed by atoms with Crippen molar-refractivity contribution in [1.29, 1.82) is 0 Å². The van der Waals surface area contributed by atoms with Gasteiger partial charge in [-0.1, -0.05) is 29.8 Å². The molecule has 19 heavy (non-hydrogen) atoms. The van der Waals surface area contributed by atoms with Crippen LogP contribution in [-0.2, 0) is 0 Å². The summed E-state index contributed by atoms with van der Waals surface area (Å²) in [6, 6.07) is 10.7. The number of nitrogens with one attached hydrogen (secondary N) is 1. The van der Waals surface area contributed by atoms with E-state index >= 15 is 0 Å². The minimum Gasteiger partial charge on any atom is -0.313 e. The lowest BCUT2D eigenvalue weighted by atomic mass is 10.0. The molecule has 2 rings (SSSR count). The first-order chi connectivity index (χ1) is 9.08. The van der Waals surface area contributed by atoms with E-state index in [0.29, 0.717) is 18.1 Å². The minimum atomic E-state index is 0.489. The number of nitrogens with zero attached hydrogens (tertiary/aromatic N) is 1. The second-order valence-corrected chi connectivity index (χ2v) is 6.17. The highest BCUT2D eigenvalue weighted by Crippen LogP contribution is 2.24. The Kier molecular flexibility index (Phi) is 5.00. The van der Waals surface area contributed by atoms with Gasteiger partial charge in [0.15, 0.2) is 0 Å². The molecule has 1 saturated heterocycles. The Morgan fingerprint density at radius 3 is 2.42 bits per heavy atom. The van der Waals surface area contributed by atoms with Gasteiger partial charge in [-0.25, -0.2) is 0 Å². The van der Waals surface area contributed by atoms with Crippen molar-refractivity contribution in [2.45, 2.75) is 58.7 Å². The van der Waals surface area contributed by atoms with Crippen LogP contribution in [0.25, 0.3) is 0 Å². The van der Waals surface area contributed by atoms with E-state index in [1.54, 1.807) is 0 Å². The topological polar surface area (TPSA) is 15.3 Å². The standard InChI is InChI=1S/C17H28N2/c1-13(2)19(12-17-6-5-11-18-17)15(4)16-9-7-14(3)8-10-16/h7-10,13,15,17-18H,5-6,11-12H2,1-4H3. The zero-order valence-corrected chi connectivity index (χ0v) is 12.8. The lowest BCUT2D eigenvalue weighted by molar-refractivity contribution is 0.150. The van der Waals surface area contributed by atoms with Crippen molar-refractivity contribution in [1.82, 2.24) is 10.2 Å². The Balaban J connectivity index is 2.06. The van der Waals surface area contributed by atoms with E-state index in [2.05, 4.69) is 62.2 Å². The molecule has 2 nitrogen and oxygen atoms in total.